The molecule has 1 aromatic rings. The SMILES string of the molecule is [C-]#[N+]C(C(=O)OCCC(C)C)=C1Sc2c(C)ccc(C)c2S1. The summed E-state index contributed by atoms with van der Waals surface area (Å²) in [5.41, 5.74) is 2.45. The molecule has 1 aliphatic heterocycles. The number of esters is 1. The highest BCUT2D eigenvalue weighted by molar-refractivity contribution is 8.24. The highest BCUT2D eigenvalue weighted by Gasteiger charge is 2.28. The second-order valence-corrected chi connectivity index (χ2v) is 7.93. The van der Waals surface area contributed by atoms with Crippen LogP contribution >= 0.6 is 23.5 Å². The van der Waals surface area contributed by atoms with E-state index in [-0.39, 0.29) is 5.70 Å². The molecule has 1 aromatic carbocycles. The Balaban J connectivity index is 2.20. The number of ether oxygens (including phenoxy) is 1. The molecule has 22 heavy (non-hydrogen) atoms. The minimum atomic E-state index is -0.506. The first kappa shape index (κ1) is 17.0. The smallest absolute Gasteiger partial charge is 0.338 e. The van der Waals surface area contributed by atoms with Crippen molar-refractivity contribution < 1.29 is 9.53 Å². The lowest BCUT2D eigenvalue weighted by molar-refractivity contribution is -0.138. The Hall–Kier alpha value is -1.38. The van der Waals surface area contributed by atoms with Crippen molar-refractivity contribution in [2.75, 3.05) is 6.61 Å². The van der Waals surface area contributed by atoms with Crippen LogP contribution in [-0.2, 0) is 9.53 Å². The van der Waals surface area contributed by atoms with Crippen molar-refractivity contribution in [3.8, 4) is 0 Å². The number of carbonyl (C=O) groups is 1. The Morgan fingerprint density at radius 3 is 2.23 bits per heavy atom. The van der Waals surface area contributed by atoms with Crippen molar-refractivity contribution in [3.05, 3.63) is 44.6 Å². The fourth-order valence-electron chi connectivity index (χ4n) is 1.95. The van der Waals surface area contributed by atoms with Gasteiger partial charge >= 0.3 is 5.97 Å². The number of aryl methyl sites for hydroxylation is 2. The quantitative estimate of drug-likeness (QED) is 0.431. The van der Waals surface area contributed by atoms with Gasteiger partial charge in [-0.25, -0.2) is 4.85 Å². The molecule has 0 saturated carbocycles. The summed E-state index contributed by atoms with van der Waals surface area (Å²) in [4.78, 5) is 17.9. The number of hydrogen-bond donors (Lipinski definition) is 0. The van der Waals surface area contributed by atoms with Crippen LogP contribution < -0.4 is 0 Å². The van der Waals surface area contributed by atoms with Crippen molar-refractivity contribution in [3.63, 3.8) is 0 Å². The first-order valence-electron chi connectivity index (χ1n) is 7.18. The van der Waals surface area contributed by atoms with Crippen LogP contribution in [-0.4, -0.2) is 12.6 Å². The zero-order chi connectivity index (χ0) is 16.3. The predicted molar refractivity (Wildman–Crippen MR) is 91.7 cm³/mol. The summed E-state index contributed by atoms with van der Waals surface area (Å²) in [6, 6.07) is 4.15. The summed E-state index contributed by atoms with van der Waals surface area (Å²) in [7, 11) is 0. The van der Waals surface area contributed by atoms with Gasteiger partial charge in [0.25, 0.3) is 5.70 Å². The highest BCUT2D eigenvalue weighted by Crippen LogP contribution is 2.54. The molecule has 0 unspecified atom stereocenters. The van der Waals surface area contributed by atoms with Crippen LogP contribution in [0.1, 0.15) is 31.4 Å². The summed E-state index contributed by atoms with van der Waals surface area (Å²) in [5, 5.41) is 0. The average molecular weight is 333 g/mol. The first-order valence-corrected chi connectivity index (χ1v) is 8.82. The van der Waals surface area contributed by atoms with Gasteiger partial charge in [0.05, 0.1) is 17.4 Å². The Morgan fingerprint density at radius 2 is 1.77 bits per heavy atom. The van der Waals surface area contributed by atoms with Gasteiger partial charge in [-0.1, -0.05) is 49.5 Å². The van der Waals surface area contributed by atoms with Gasteiger partial charge in [-0.2, -0.15) is 0 Å². The third-order valence-corrected chi connectivity index (χ3v) is 6.17. The van der Waals surface area contributed by atoms with E-state index in [1.165, 1.54) is 34.7 Å². The lowest BCUT2D eigenvalue weighted by atomic mass is 10.1. The fourth-order valence-corrected chi connectivity index (χ4v) is 4.65. The van der Waals surface area contributed by atoms with Crippen LogP contribution in [0.15, 0.2) is 31.9 Å². The van der Waals surface area contributed by atoms with E-state index in [0.717, 1.165) is 20.4 Å². The molecule has 0 spiro atoms. The number of nitrogens with zero attached hydrogens (tertiary/aromatic N) is 1. The maximum absolute atomic E-state index is 12.1. The van der Waals surface area contributed by atoms with E-state index >= 15 is 0 Å². The molecule has 0 saturated heterocycles. The van der Waals surface area contributed by atoms with Crippen molar-refractivity contribution in [2.45, 2.75) is 43.9 Å². The topological polar surface area (TPSA) is 30.7 Å². The van der Waals surface area contributed by atoms with E-state index in [1.807, 2.05) is 13.8 Å². The molecule has 0 fully saturated rings. The van der Waals surface area contributed by atoms with E-state index < -0.39 is 5.97 Å². The van der Waals surface area contributed by atoms with E-state index in [1.54, 1.807) is 0 Å². The van der Waals surface area contributed by atoms with Gasteiger partial charge in [0.1, 0.15) is 0 Å². The minimum absolute atomic E-state index is 0.105. The monoisotopic (exact) mass is 333 g/mol. The average Bonchev–Trinajstić information content (AvgIpc) is 2.89. The molecule has 0 atom stereocenters. The van der Waals surface area contributed by atoms with Gasteiger partial charge in [0.2, 0.25) is 0 Å². The van der Waals surface area contributed by atoms with Crippen LogP contribution in [0.4, 0.5) is 0 Å². The molecule has 3 nitrogen and oxygen atoms in total. The predicted octanol–water partition coefficient (Wildman–Crippen LogP) is 5.18. The lowest BCUT2D eigenvalue weighted by Gasteiger charge is -2.07. The van der Waals surface area contributed by atoms with Gasteiger partial charge in [-0.15, -0.1) is 0 Å². The third kappa shape index (κ3) is 3.68. The number of benzene rings is 1. The molecule has 0 N–H and O–H groups in total. The number of hydrogen-bond acceptors (Lipinski definition) is 4. The largest absolute Gasteiger partial charge is 0.471 e. The molecular weight excluding hydrogens is 314 g/mol. The molecule has 0 amide bonds. The van der Waals surface area contributed by atoms with Crippen LogP contribution in [0.5, 0.6) is 0 Å². The molecule has 0 aliphatic carbocycles. The van der Waals surface area contributed by atoms with Crippen LogP contribution in [0.2, 0.25) is 0 Å². The molecule has 5 heteroatoms. The summed E-state index contributed by atoms with van der Waals surface area (Å²) in [5.74, 6) is -0.0320. The molecule has 0 radical (unpaired) electrons. The number of rotatable bonds is 4. The molecule has 0 aromatic heterocycles. The fraction of sp³-hybridized carbons (Fsp3) is 0.412. The molecule has 1 aliphatic rings. The van der Waals surface area contributed by atoms with E-state index in [2.05, 4.69) is 30.8 Å². The van der Waals surface area contributed by atoms with E-state index in [0.29, 0.717) is 12.5 Å². The summed E-state index contributed by atoms with van der Waals surface area (Å²) < 4.78 is 5.97. The van der Waals surface area contributed by atoms with Crippen molar-refractivity contribution >= 4 is 29.5 Å². The highest BCUT2D eigenvalue weighted by atomic mass is 32.2. The normalized spacial score (nSPS) is 13.0. The maximum Gasteiger partial charge on any atom is 0.338 e. The van der Waals surface area contributed by atoms with Gasteiger partial charge in [0, 0.05) is 9.79 Å². The second kappa shape index (κ2) is 7.26. The zero-order valence-electron chi connectivity index (χ0n) is 13.2. The molecular formula is C17H19NO2S2. The van der Waals surface area contributed by atoms with Gasteiger partial charge in [-0.3, -0.25) is 4.79 Å². The summed E-state index contributed by atoms with van der Waals surface area (Å²) >= 11 is 3.01. The van der Waals surface area contributed by atoms with Crippen LogP contribution in [0.25, 0.3) is 4.85 Å². The van der Waals surface area contributed by atoms with Crippen LogP contribution in [0, 0.1) is 26.3 Å². The molecule has 116 valence electrons. The van der Waals surface area contributed by atoms with E-state index in [4.69, 9.17) is 11.3 Å². The standard InChI is InChI=1S/C17H19NO2S2/c1-10(2)8-9-20-16(19)13(18-5)17-21-14-11(3)6-7-12(4)15(14)22-17/h6-7,10H,8-9H2,1-4H3. The molecule has 1 heterocycles. The Kier molecular flexibility index (Phi) is 5.60. The van der Waals surface area contributed by atoms with Gasteiger partial charge < -0.3 is 4.74 Å². The molecule has 2 rings (SSSR count). The van der Waals surface area contributed by atoms with Crippen molar-refractivity contribution in [1.29, 1.82) is 0 Å². The Morgan fingerprint density at radius 1 is 1.23 bits per heavy atom. The second-order valence-electron chi connectivity index (χ2n) is 5.63. The zero-order valence-corrected chi connectivity index (χ0v) is 14.9. The Bertz CT molecular complexity index is 639. The van der Waals surface area contributed by atoms with Crippen molar-refractivity contribution in [2.24, 2.45) is 5.92 Å². The summed E-state index contributed by atoms with van der Waals surface area (Å²) in [6.07, 6.45) is 0.811. The molecule has 0 bridgehead atoms. The Labute approximate surface area is 140 Å². The summed E-state index contributed by atoms with van der Waals surface area (Å²) in [6.45, 7) is 15.9. The van der Waals surface area contributed by atoms with Gasteiger partial charge in [-0.05, 0) is 37.3 Å². The number of fused-ring (bicyclic) bond motifs is 1. The minimum Gasteiger partial charge on any atom is -0.471 e. The number of carbonyl (C=O) groups excluding carboxylic acids is 1. The third-order valence-electron chi connectivity index (χ3n) is 3.32. The van der Waals surface area contributed by atoms with E-state index in [9.17, 15) is 4.79 Å². The lowest BCUT2D eigenvalue weighted by Crippen LogP contribution is -2.09. The number of thioether (sulfide) groups is 2. The van der Waals surface area contributed by atoms with Gasteiger partial charge in [0.15, 0.2) is 0 Å². The first-order chi connectivity index (χ1) is 10.4. The van der Waals surface area contributed by atoms with Crippen molar-refractivity contribution in [1.82, 2.24) is 0 Å². The van der Waals surface area contributed by atoms with Crippen LogP contribution in [0.3, 0.4) is 0 Å². The maximum atomic E-state index is 12.1.